The lowest BCUT2D eigenvalue weighted by Gasteiger charge is -2.20. The van der Waals surface area contributed by atoms with Crippen molar-refractivity contribution >= 4 is 17.4 Å². The monoisotopic (exact) mass is 315 g/mol. The van der Waals surface area contributed by atoms with E-state index in [1.54, 1.807) is 0 Å². The first-order valence-corrected chi connectivity index (χ1v) is 8.74. The molecule has 0 bridgehead atoms. The van der Waals surface area contributed by atoms with Gasteiger partial charge in [0.05, 0.1) is 11.4 Å². The van der Waals surface area contributed by atoms with Crippen LogP contribution in [0.1, 0.15) is 54.8 Å². The zero-order valence-electron chi connectivity index (χ0n) is 13.0. The molecule has 1 aromatic heterocycles. The van der Waals surface area contributed by atoms with Crippen LogP contribution in [-0.2, 0) is 6.42 Å². The maximum atomic E-state index is 6.10. The van der Waals surface area contributed by atoms with Crippen LogP contribution in [0.3, 0.4) is 0 Å². The summed E-state index contributed by atoms with van der Waals surface area (Å²) in [6, 6.07) is 6.04. The molecule has 2 aliphatic rings. The summed E-state index contributed by atoms with van der Waals surface area (Å²) in [5, 5.41) is 9.35. The molecule has 2 heterocycles. The van der Waals surface area contributed by atoms with E-state index < -0.39 is 0 Å². The maximum Gasteiger partial charge on any atom is 0.133 e. The second kappa shape index (κ2) is 5.62. The van der Waals surface area contributed by atoms with Crippen molar-refractivity contribution in [2.45, 2.75) is 51.4 Å². The first-order chi connectivity index (χ1) is 10.7. The second-order valence-corrected chi connectivity index (χ2v) is 7.00. The Bertz CT molecular complexity index is 699. The average molecular weight is 316 g/mol. The lowest BCUT2D eigenvalue weighted by Crippen LogP contribution is -2.10. The summed E-state index contributed by atoms with van der Waals surface area (Å²) < 4.78 is 2.11. The normalized spacial score (nSPS) is 18.3. The highest BCUT2D eigenvalue weighted by atomic mass is 35.5. The number of hydrogen-bond acceptors (Lipinski definition) is 2. The number of benzene rings is 1. The molecule has 0 atom stereocenters. The van der Waals surface area contributed by atoms with E-state index in [-0.39, 0.29) is 0 Å². The first-order valence-electron chi connectivity index (χ1n) is 8.36. The van der Waals surface area contributed by atoms with Crippen molar-refractivity contribution < 1.29 is 0 Å². The Kier molecular flexibility index (Phi) is 3.61. The molecule has 0 spiro atoms. The van der Waals surface area contributed by atoms with E-state index in [4.69, 9.17) is 16.7 Å². The Morgan fingerprint density at radius 1 is 1.23 bits per heavy atom. The molecular formula is C18H22ClN3. The summed E-state index contributed by atoms with van der Waals surface area (Å²) in [6.07, 6.45) is 7.77. The zero-order valence-corrected chi connectivity index (χ0v) is 13.8. The topological polar surface area (TPSA) is 29.9 Å². The summed E-state index contributed by atoms with van der Waals surface area (Å²) >= 11 is 6.10. The molecule has 116 valence electrons. The van der Waals surface area contributed by atoms with Crippen molar-refractivity contribution in [1.82, 2.24) is 9.78 Å². The highest BCUT2D eigenvalue weighted by Crippen LogP contribution is 2.39. The van der Waals surface area contributed by atoms with Gasteiger partial charge in [0.1, 0.15) is 5.82 Å². The molecule has 4 rings (SSSR count). The third kappa shape index (κ3) is 2.32. The number of nitrogens with zero attached hydrogens (tertiary/aromatic N) is 2. The van der Waals surface area contributed by atoms with Gasteiger partial charge in [-0.1, -0.05) is 30.9 Å². The predicted octanol–water partition coefficient (Wildman–Crippen LogP) is 4.85. The van der Waals surface area contributed by atoms with Crippen molar-refractivity contribution in [1.29, 1.82) is 0 Å². The second-order valence-electron chi connectivity index (χ2n) is 6.57. The van der Waals surface area contributed by atoms with Crippen LogP contribution in [0.2, 0.25) is 5.02 Å². The van der Waals surface area contributed by atoms with Crippen molar-refractivity contribution in [2.75, 3.05) is 11.9 Å². The van der Waals surface area contributed by atoms with Gasteiger partial charge in [-0.2, -0.15) is 5.10 Å². The quantitative estimate of drug-likeness (QED) is 0.858. The summed E-state index contributed by atoms with van der Waals surface area (Å²) in [6.45, 7) is 3.13. The highest BCUT2D eigenvalue weighted by molar-refractivity contribution is 6.30. The molecule has 0 unspecified atom stereocenters. The molecule has 1 N–H and O–H groups in total. The van der Waals surface area contributed by atoms with E-state index in [1.807, 2.05) is 12.1 Å². The molecule has 3 nitrogen and oxygen atoms in total. The minimum atomic E-state index is 0.649. The van der Waals surface area contributed by atoms with Crippen LogP contribution in [0.25, 0.3) is 5.69 Å². The molecule has 1 aromatic carbocycles. The number of hydrogen-bond donors (Lipinski definition) is 1. The molecule has 0 radical (unpaired) electrons. The minimum absolute atomic E-state index is 0.649. The SMILES string of the molecule is Cc1cc(Cl)ccc1-n1nc(C2CCCCC2)c2c1NCC2. The Morgan fingerprint density at radius 2 is 2.05 bits per heavy atom. The van der Waals surface area contributed by atoms with Gasteiger partial charge in [-0.25, -0.2) is 4.68 Å². The van der Waals surface area contributed by atoms with Gasteiger partial charge in [0.15, 0.2) is 0 Å². The lowest BCUT2D eigenvalue weighted by atomic mass is 9.85. The van der Waals surface area contributed by atoms with Crippen LogP contribution in [0, 0.1) is 6.92 Å². The van der Waals surface area contributed by atoms with E-state index in [2.05, 4.69) is 23.0 Å². The van der Waals surface area contributed by atoms with Crippen LogP contribution in [0.15, 0.2) is 18.2 Å². The number of rotatable bonds is 2. The van der Waals surface area contributed by atoms with Crippen molar-refractivity contribution in [3.8, 4) is 5.69 Å². The fraction of sp³-hybridized carbons (Fsp3) is 0.500. The molecule has 4 heteroatoms. The Balaban J connectivity index is 1.80. The van der Waals surface area contributed by atoms with Crippen LogP contribution in [0.4, 0.5) is 5.82 Å². The van der Waals surface area contributed by atoms with Crippen LogP contribution >= 0.6 is 11.6 Å². The molecule has 1 aliphatic carbocycles. The van der Waals surface area contributed by atoms with Crippen LogP contribution in [0.5, 0.6) is 0 Å². The summed E-state index contributed by atoms with van der Waals surface area (Å²) in [5.41, 5.74) is 5.09. The van der Waals surface area contributed by atoms with Gasteiger partial charge in [-0.3, -0.25) is 0 Å². The average Bonchev–Trinajstić information content (AvgIpc) is 3.11. The van der Waals surface area contributed by atoms with Crippen LogP contribution in [-0.4, -0.2) is 16.3 Å². The van der Waals surface area contributed by atoms with E-state index >= 15 is 0 Å². The number of fused-ring (bicyclic) bond motifs is 1. The standard InChI is InChI=1S/C18H22ClN3/c1-12-11-14(19)7-8-16(12)22-18-15(9-10-20-18)17(21-22)13-5-3-2-4-6-13/h7-8,11,13,20H,2-6,9-10H2,1H3. The predicted molar refractivity (Wildman–Crippen MR) is 91.3 cm³/mol. The smallest absolute Gasteiger partial charge is 0.133 e. The third-order valence-corrected chi connectivity index (χ3v) is 5.30. The van der Waals surface area contributed by atoms with Gasteiger partial charge < -0.3 is 5.32 Å². The minimum Gasteiger partial charge on any atom is -0.369 e. The van der Waals surface area contributed by atoms with E-state index in [9.17, 15) is 0 Å². The maximum absolute atomic E-state index is 6.10. The molecule has 0 saturated heterocycles. The van der Waals surface area contributed by atoms with Crippen molar-refractivity contribution in [2.24, 2.45) is 0 Å². The van der Waals surface area contributed by atoms with Gasteiger partial charge in [0.2, 0.25) is 0 Å². The molecule has 22 heavy (non-hydrogen) atoms. The van der Waals surface area contributed by atoms with E-state index in [1.165, 1.54) is 54.7 Å². The summed E-state index contributed by atoms with van der Waals surface area (Å²) in [4.78, 5) is 0. The molecular weight excluding hydrogens is 294 g/mol. The number of aromatic nitrogens is 2. The summed E-state index contributed by atoms with van der Waals surface area (Å²) in [5.74, 6) is 1.85. The number of halogens is 1. The lowest BCUT2D eigenvalue weighted by molar-refractivity contribution is 0.433. The number of aryl methyl sites for hydroxylation is 1. The molecule has 1 aliphatic heterocycles. The van der Waals surface area contributed by atoms with Gasteiger partial charge in [-0.15, -0.1) is 0 Å². The molecule has 1 fully saturated rings. The van der Waals surface area contributed by atoms with E-state index in [0.29, 0.717) is 5.92 Å². The van der Waals surface area contributed by atoms with Gasteiger partial charge in [0.25, 0.3) is 0 Å². The fourth-order valence-corrected chi connectivity index (χ4v) is 4.16. The van der Waals surface area contributed by atoms with E-state index in [0.717, 1.165) is 23.7 Å². The van der Waals surface area contributed by atoms with Crippen molar-refractivity contribution in [3.05, 3.63) is 40.0 Å². The largest absolute Gasteiger partial charge is 0.369 e. The van der Waals surface area contributed by atoms with Gasteiger partial charge >= 0.3 is 0 Å². The van der Waals surface area contributed by atoms with Gasteiger partial charge in [0, 0.05) is 23.0 Å². The Morgan fingerprint density at radius 3 is 2.82 bits per heavy atom. The first kappa shape index (κ1) is 14.1. The molecule has 1 saturated carbocycles. The fourth-order valence-electron chi connectivity index (χ4n) is 3.94. The Hall–Kier alpha value is -1.48. The number of anilines is 1. The number of nitrogens with one attached hydrogen (secondary N) is 1. The highest BCUT2D eigenvalue weighted by Gasteiger charge is 2.28. The van der Waals surface area contributed by atoms with Gasteiger partial charge in [-0.05, 0) is 49.9 Å². The van der Waals surface area contributed by atoms with Crippen LogP contribution < -0.4 is 5.32 Å². The zero-order chi connectivity index (χ0) is 15.1. The molecule has 2 aromatic rings. The Labute approximate surface area is 136 Å². The van der Waals surface area contributed by atoms with Crippen molar-refractivity contribution in [3.63, 3.8) is 0 Å². The summed E-state index contributed by atoms with van der Waals surface area (Å²) in [7, 11) is 0. The third-order valence-electron chi connectivity index (χ3n) is 5.06. The molecule has 0 amide bonds.